The van der Waals surface area contributed by atoms with E-state index in [0.717, 1.165) is 0 Å². The van der Waals surface area contributed by atoms with Crippen molar-refractivity contribution in [1.29, 1.82) is 0 Å². The van der Waals surface area contributed by atoms with Crippen LogP contribution in [0.3, 0.4) is 0 Å². The van der Waals surface area contributed by atoms with E-state index in [9.17, 15) is 0 Å². The van der Waals surface area contributed by atoms with Crippen LogP contribution in [0.15, 0.2) is 15.0 Å². The summed E-state index contributed by atoms with van der Waals surface area (Å²) >= 11 is 7.38. The molecule has 0 N–H and O–H groups in total. The van der Waals surface area contributed by atoms with Crippen LogP contribution < -0.4 is 4.90 Å². The van der Waals surface area contributed by atoms with E-state index in [0.29, 0.717) is 0 Å². The molecule has 1 aromatic rings. The summed E-state index contributed by atoms with van der Waals surface area (Å²) in [6.45, 7) is 2.48. The second-order valence-corrected chi connectivity index (χ2v) is 6.05. The monoisotopic (exact) mass is 329 g/mol. The van der Waals surface area contributed by atoms with Gasteiger partial charge in [0.2, 0.25) is 0 Å². The Balaban J connectivity index is 2.27. The predicted octanol–water partition coefficient (Wildman–Crippen LogP) is 3.91. The smallest absolute Gasteiger partial charge is 0.0454 e. The van der Waals surface area contributed by atoms with Gasteiger partial charge in [-0.1, -0.05) is 31.9 Å². The summed E-state index contributed by atoms with van der Waals surface area (Å²) < 4.78 is 2.56. The van der Waals surface area contributed by atoms with Gasteiger partial charge in [-0.25, -0.2) is 0 Å². The molecule has 0 fully saturated rings. The minimum absolute atomic E-state index is 1.23. The molecule has 2 aliphatic heterocycles. The zero-order valence-electron chi connectivity index (χ0n) is 8.52. The molecule has 2 aliphatic rings. The van der Waals surface area contributed by atoms with E-state index in [1.54, 1.807) is 0 Å². The van der Waals surface area contributed by atoms with E-state index in [4.69, 9.17) is 0 Å². The number of hydrogen-bond acceptors (Lipinski definition) is 1. The van der Waals surface area contributed by atoms with Crippen LogP contribution in [0.5, 0.6) is 0 Å². The average Bonchev–Trinajstić information content (AvgIpc) is 2.25. The van der Waals surface area contributed by atoms with Crippen molar-refractivity contribution in [3.8, 4) is 0 Å². The van der Waals surface area contributed by atoms with Crippen molar-refractivity contribution in [1.82, 2.24) is 0 Å². The molecule has 15 heavy (non-hydrogen) atoms. The Kier molecular flexibility index (Phi) is 2.56. The Labute approximate surface area is 107 Å². The number of halogens is 2. The summed E-state index contributed by atoms with van der Waals surface area (Å²) in [6, 6.07) is 2.23. The maximum absolute atomic E-state index is 3.69. The van der Waals surface area contributed by atoms with E-state index >= 15 is 0 Å². The lowest BCUT2D eigenvalue weighted by Crippen LogP contribution is -2.34. The highest BCUT2D eigenvalue weighted by Crippen LogP contribution is 2.42. The van der Waals surface area contributed by atoms with Crippen LogP contribution in [0.2, 0.25) is 0 Å². The Bertz CT molecular complexity index is 380. The van der Waals surface area contributed by atoms with Crippen LogP contribution in [-0.4, -0.2) is 13.1 Å². The first-order valence-corrected chi connectivity index (χ1v) is 7.10. The van der Waals surface area contributed by atoms with Gasteiger partial charge in [-0.3, -0.25) is 0 Å². The second kappa shape index (κ2) is 3.77. The fraction of sp³-hybridized carbons (Fsp3) is 0.500. The van der Waals surface area contributed by atoms with Crippen LogP contribution >= 0.6 is 31.9 Å². The largest absolute Gasteiger partial charge is 0.371 e. The minimum Gasteiger partial charge on any atom is -0.371 e. The number of rotatable bonds is 0. The molecule has 1 aromatic carbocycles. The number of benzene rings is 1. The molecule has 0 unspecified atom stereocenters. The van der Waals surface area contributed by atoms with Crippen LogP contribution in [0.1, 0.15) is 24.0 Å². The fourth-order valence-electron chi connectivity index (χ4n) is 2.78. The highest BCUT2D eigenvalue weighted by molar-refractivity contribution is 9.11. The summed E-state index contributed by atoms with van der Waals surface area (Å²) in [5, 5.41) is 0. The van der Waals surface area contributed by atoms with Crippen molar-refractivity contribution in [2.24, 2.45) is 0 Å². The van der Waals surface area contributed by atoms with E-state index in [1.807, 2.05) is 0 Å². The molecular weight excluding hydrogens is 318 g/mol. The summed E-state index contributed by atoms with van der Waals surface area (Å²) in [6.07, 6.45) is 5.05. The molecule has 1 nitrogen and oxygen atoms in total. The van der Waals surface area contributed by atoms with Crippen LogP contribution in [0.25, 0.3) is 0 Å². The second-order valence-electron chi connectivity index (χ2n) is 4.34. The van der Waals surface area contributed by atoms with Gasteiger partial charge in [0.25, 0.3) is 0 Å². The molecule has 0 radical (unpaired) electrons. The number of nitrogens with zero attached hydrogens (tertiary/aromatic N) is 1. The third-order valence-corrected chi connectivity index (χ3v) is 4.84. The third kappa shape index (κ3) is 1.55. The highest BCUT2D eigenvalue weighted by atomic mass is 79.9. The SMILES string of the molecule is Brc1cc(Br)c2c3c1CCCN3CCC2. The summed E-state index contributed by atoms with van der Waals surface area (Å²) in [5.74, 6) is 0. The van der Waals surface area contributed by atoms with Gasteiger partial charge in [0, 0.05) is 27.7 Å². The fourth-order valence-corrected chi connectivity index (χ4v) is 4.32. The van der Waals surface area contributed by atoms with E-state index in [2.05, 4.69) is 42.8 Å². The first-order chi connectivity index (χ1) is 7.27. The summed E-state index contributed by atoms with van der Waals surface area (Å²) in [5.41, 5.74) is 4.58. The Morgan fingerprint density at radius 1 is 0.933 bits per heavy atom. The lowest BCUT2D eigenvalue weighted by molar-refractivity contribution is 0.631. The number of hydrogen-bond donors (Lipinski definition) is 0. The van der Waals surface area contributed by atoms with Crippen molar-refractivity contribution in [3.05, 3.63) is 26.1 Å². The van der Waals surface area contributed by atoms with Crippen LogP contribution in [-0.2, 0) is 12.8 Å². The quantitative estimate of drug-likeness (QED) is 0.697. The molecule has 0 aliphatic carbocycles. The molecule has 0 amide bonds. The molecule has 0 atom stereocenters. The first kappa shape index (κ1) is 10.2. The minimum atomic E-state index is 1.23. The molecule has 80 valence electrons. The average molecular weight is 331 g/mol. The lowest BCUT2D eigenvalue weighted by atomic mass is 9.92. The summed E-state index contributed by atoms with van der Waals surface area (Å²) in [4.78, 5) is 2.56. The molecule has 3 rings (SSSR count). The van der Waals surface area contributed by atoms with Gasteiger partial charge in [0.1, 0.15) is 0 Å². The van der Waals surface area contributed by atoms with Gasteiger partial charge in [0.05, 0.1) is 0 Å². The van der Waals surface area contributed by atoms with Gasteiger partial charge in [0.15, 0.2) is 0 Å². The molecule has 3 heteroatoms. The third-order valence-electron chi connectivity index (χ3n) is 3.43. The predicted molar refractivity (Wildman–Crippen MR) is 70.7 cm³/mol. The van der Waals surface area contributed by atoms with Crippen molar-refractivity contribution in [2.45, 2.75) is 25.7 Å². The Hall–Kier alpha value is -0.0200. The summed E-state index contributed by atoms with van der Waals surface area (Å²) in [7, 11) is 0. The van der Waals surface area contributed by atoms with E-state index < -0.39 is 0 Å². The van der Waals surface area contributed by atoms with Crippen LogP contribution in [0, 0.1) is 0 Å². The van der Waals surface area contributed by atoms with E-state index in [-0.39, 0.29) is 0 Å². The number of anilines is 1. The standard InChI is InChI=1S/C12H13Br2N/c13-10-7-11(14)9-4-2-6-15-5-1-3-8(10)12(9)15/h7H,1-6H2. The zero-order chi connectivity index (χ0) is 10.4. The molecule has 0 saturated heterocycles. The molecule has 0 bridgehead atoms. The highest BCUT2D eigenvalue weighted by Gasteiger charge is 2.26. The molecular formula is C12H13Br2N. The Morgan fingerprint density at radius 3 is 2.00 bits per heavy atom. The van der Waals surface area contributed by atoms with Gasteiger partial charge < -0.3 is 4.90 Å². The van der Waals surface area contributed by atoms with Gasteiger partial charge in [-0.15, -0.1) is 0 Å². The van der Waals surface area contributed by atoms with Gasteiger partial charge in [-0.05, 0) is 42.9 Å². The molecule has 0 saturated carbocycles. The topological polar surface area (TPSA) is 3.24 Å². The van der Waals surface area contributed by atoms with Crippen molar-refractivity contribution in [3.63, 3.8) is 0 Å². The van der Waals surface area contributed by atoms with Crippen LogP contribution in [0.4, 0.5) is 5.69 Å². The Morgan fingerprint density at radius 2 is 1.47 bits per heavy atom. The lowest BCUT2D eigenvalue weighted by Gasteiger charge is -2.37. The zero-order valence-corrected chi connectivity index (χ0v) is 11.7. The van der Waals surface area contributed by atoms with Crippen molar-refractivity contribution < 1.29 is 0 Å². The van der Waals surface area contributed by atoms with Gasteiger partial charge in [-0.2, -0.15) is 0 Å². The maximum Gasteiger partial charge on any atom is 0.0454 e. The van der Waals surface area contributed by atoms with Gasteiger partial charge >= 0.3 is 0 Å². The maximum atomic E-state index is 3.69. The normalized spacial score (nSPS) is 18.9. The molecule has 0 spiro atoms. The van der Waals surface area contributed by atoms with E-state index in [1.165, 1.54) is 64.5 Å². The van der Waals surface area contributed by atoms with Crippen molar-refractivity contribution >= 4 is 37.5 Å². The molecule has 0 aromatic heterocycles. The molecule has 2 heterocycles. The van der Waals surface area contributed by atoms with Crippen molar-refractivity contribution in [2.75, 3.05) is 18.0 Å². The first-order valence-electron chi connectivity index (χ1n) is 5.52.